The molecule has 0 bridgehead atoms. The van der Waals surface area contributed by atoms with E-state index in [9.17, 15) is 10.1 Å². The quantitative estimate of drug-likeness (QED) is 0.460. The summed E-state index contributed by atoms with van der Waals surface area (Å²) in [6.45, 7) is 0. The van der Waals surface area contributed by atoms with E-state index in [1.165, 1.54) is 11.3 Å². The highest BCUT2D eigenvalue weighted by Crippen LogP contribution is 2.22. The van der Waals surface area contributed by atoms with Gasteiger partial charge in [-0.25, -0.2) is 0 Å². The normalized spacial score (nSPS) is 9.91. The summed E-state index contributed by atoms with van der Waals surface area (Å²) in [6, 6.07) is 1.62. The third-order valence-electron chi connectivity index (χ3n) is 1.20. The van der Waals surface area contributed by atoms with Gasteiger partial charge in [0, 0.05) is 16.8 Å². The molecule has 3 nitrogen and oxygen atoms in total. The number of thiophene rings is 1. The van der Waals surface area contributed by atoms with Crippen molar-refractivity contribution in [2.75, 3.05) is 5.33 Å². The van der Waals surface area contributed by atoms with Crippen LogP contribution >= 0.6 is 27.3 Å². The summed E-state index contributed by atoms with van der Waals surface area (Å²) >= 11 is 4.44. The molecular weight excluding hydrogens is 230 g/mol. The molecule has 0 aliphatic carbocycles. The zero-order valence-corrected chi connectivity index (χ0v) is 8.02. The Morgan fingerprint density at radius 2 is 2.45 bits per heavy atom. The van der Waals surface area contributed by atoms with Crippen molar-refractivity contribution in [3.63, 3.8) is 0 Å². The van der Waals surface area contributed by atoms with Crippen molar-refractivity contribution >= 4 is 32.3 Å². The van der Waals surface area contributed by atoms with Crippen molar-refractivity contribution in [3.8, 4) is 0 Å². The van der Waals surface area contributed by atoms with Gasteiger partial charge >= 0.3 is 5.00 Å². The molecular formula is C6H6BrNO2S. The van der Waals surface area contributed by atoms with Crippen LogP contribution in [-0.4, -0.2) is 10.3 Å². The maximum absolute atomic E-state index is 10.2. The van der Waals surface area contributed by atoms with E-state index in [4.69, 9.17) is 0 Å². The van der Waals surface area contributed by atoms with Gasteiger partial charge in [-0.1, -0.05) is 27.3 Å². The van der Waals surface area contributed by atoms with E-state index in [1.807, 2.05) is 5.38 Å². The lowest BCUT2D eigenvalue weighted by Crippen LogP contribution is -1.83. The Balaban J connectivity index is 2.73. The average molecular weight is 236 g/mol. The third-order valence-corrected chi connectivity index (χ3v) is 2.53. The van der Waals surface area contributed by atoms with E-state index in [-0.39, 0.29) is 9.92 Å². The van der Waals surface area contributed by atoms with Crippen molar-refractivity contribution in [3.05, 3.63) is 27.1 Å². The standard InChI is InChI=1S/C6H6BrNO2S/c7-2-1-5-3-6(8(9)10)11-4-5/h3-4H,1-2H2. The van der Waals surface area contributed by atoms with Crippen LogP contribution in [0.2, 0.25) is 0 Å². The molecule has 60 valence electrons. The fourth-order valence-corrected chi connectivity index (χ4v) is 1.92. The van der Waals surface area contributed by atoms with Crippen molar-refractivity contribution in [2.45, 2.75) is 6.42 Å². The lowest BCUT2D eigenvalue weighted by atomic mass is 10.3. The number of alkyl halides is 1. The maximum atomic E-state index is 10.2. The van der Waals surface area contributed by atoms with E-state index in [0.717, 1.165) is 17.3 Å². The summed E-state index contributed by atoms with van der Waals surface area (Å²) in [5.74, 6) is 0. The summed E-state index contributed by atoms with van der Waals surface area (Å²) in [6.07, 6.45) is 0.852. The van der Waals surface area contributed by atoms with E-state index in [2.05, 4.69) is 15.9 Å². The summed E-state index contributed by atoms with van der Waals surface area (Å²) in [5, 5.41) is 13.1. The zero-order chi connectivity index (χ0) is 8.27. The largest absolute Gasteiger partial charge is 0.324 e. The van der Waals surface area contributed by atoms with E-state index in [0.29, 0.717) is 0 Å². The predicted molar refractivity (Wildman–Crippen MR) is 48.5 cm³/mol. The van der Waals surface area contributed by atoms with Crippen LogP contribution in [0.5, 0.6) is 0 Å². The lowest BCUT2D eigenvalue weighted by Gasteiger charge is -1.85. The first-order valence-corrected chi connectivity index (χ1v) is 5.02. The first kappa shape index (κ1) is 8.67. The van der Waals surface area contributed by atoms with Crippen molar-refractivity contribution in [1.82, 2.24) is 0 Å². The lowest BCUT2D eigenvalue weighted by molar-refractivity contribution is -0.380. The molecule has 5 heteroatoms. The number of halogens is 1. The van der Waals surface area contributed by atoms with Gasteiger partial charge in [0.1, 0.15) is 0 Å². The zero-order valence-electron chi connectivity index (χ0n) is 5.62. The number of hydrogen-bond donors (Lipinski definition) is 0. The molecule has 0 radical (unpaired) electrons. The monoisotopic (exact) mass is 235 g/mol. The van der Waals surface area contributed by atoms with Gasteiger partial charge in [0.2, 0.25) is 0 Å². The van der Waals surface area contributed by atoms with Gasteiger partial charge in [-0.05, 0) is 12.0 Å². The average Bonchev–Trinajstić information content (AvgIpc) is 2.37. The van der Waals surface area contributed by atoms with Crippen LogP contribution in [0, 0.1) is 10.1 Å². The second-order valence-corrected chi connectivity index (χ2v) is 3.67. The maximum Gasteiger partial charge on any atom is 0.324 e. The third kappa shape index (κ3) is 2.27. The SMILES string of the molecule is O=[N+]([O-])c1cc(CCBr)cs1. The molecule has 0 N–H and O–H groups in total. The molecule has 0 saturated carbocycles. The molecule has 0 amide bonds. The fourth-order valence-electron chi connectivity index (χ4n) is 0.699. The number of rotatable bonds is 3. The molecule has 11 heavy (non-hydrogen) atoms. The smallest absolute Gasteiger partial charge is 0.258 e. The minimum absolute atomic E-state index is 0.223. The molecule has 0 atom stereocenters. The topological polar surface area (TPSA) is 43.1 Å². The Hall–Kier alpha value is -0.420. The van der Waals surface area contributed by atoms with Crippen LogP contribution in [0.25, 0.3) is 0 Å². The number of nitro groups is 1. The van der Waals surface area contributed by atoms with Crippen LogP contribution in [0.15, 0.2) is 11.4 Å². The van der Waals surface area contributed by atoms with E-state index < -0.39 is 0 Å². The Morgan fingerprint density at radius 1 is 1.73 bits per heavy atom. The molecule has 0 aromatic carbocycles. The van der Waals surface area contributed by atoms with Gasteiger partial charge in [-0.15, -0.1) is 0 Å². The van der Waals surface area contributed by atoms with Gasteiger partial charge < -0.3 is 0 Å². The minimum atomic E-state index is -0.359. The van der Waals surface area contributed by atoms with Crippen LogP contribution in [-0.2, 0) is 6.42 Å². The number of aryl methyl sites for hydroxylation is 1. The van der Waals surface area contributed by atoms with Crippen LogP contribution in [0.3, 0.4) is 0 Å². The van der Waals surface area contributed by atoms with Crippen molar-refractivity contribution in [2.24, 2.45) is 0 Å². The summed E-state index contributed by atoms with van der Waals surface area (Å²) in [5.41, 5.74) is 1.03. The van der Waals surface area contributed by atoms with Gasteiger partial charge in [-0.3, -0.25) is 10.1 Å². The van der Waals surface area contributed by atoms with Crippen LogP contribution < -0.4 is 0 Å². The van der Waals surface area contributed by atoms with Crippen LogP contribution in [0.1, 0.15) is 5.56 Å². The Bertz CT molecular complexity index is 261. The molecule has 0 aliphatic heterocycles. The van der Waals surface area contributed by atoms with Gasteiger partial charge in [-0.2, -0.15) is 0 Å². The first-order chi connectivity index (χ1) is 5.24. The minimum Gasteiger partial charge on any atom is -0.258 e. The molecule has 0 spiro atoms. The highest BCUT2D eigenvalue weighted by atomic mass is 79.9. The summed E-state index contributed by atoms with van der Waals surface area (Å²) < 4.78 is 0. The highest BCUT2D eigenvalue weighted by Gasteiger charge is 2.08. The van der Waals surface area contributed by atoms with Crippen molar-refractivity contribution < 1.29 is 4.92 Å². The molecule has 1 aromatic heterocycles. The summed E-state index contributed by atoms with van der Waals surface area (Å²) in [7, 11) is 0. The number of hydrogen-bond acceptors (Lipinski definition) is 3. The Kier molecular flexibility index (Phi) is 3.02. The molecule has 0 saturated heterocycles. The fraction of sp³-hybridized carbons (Fsp3) is 0.333. The predicted octanol–water partition coefficient (Wildman–Crippen LogP) is 2.59. The summed E-state index contributed by atoms with van der Waals surface area (Å²) in [4.78, 5) is 9.86. The second-order valence-electron chi connectivity index (χ2n) is 1.99. The van der Waals surface area contributed by atoms with Crippen molar-refractivity contribution in [1.29, 1.82) is 0 Å². The Morgan fingerprint density at radius 3 is 2.91 bits per heavy atom. The molecule has 1 heterocycles. The molecule has 0 fully saturated rings. The highest BCUT2D eigenvalue weighted by molar-refractivity contribution is 9.09. The van der Waals surface area contributed by atoms with Gasteiger partial charge in [0.05, 0.1) is 4.92 Å². The second kappa shape index (κ2) is 3.82. The van der Waals surface area contributed by atoms with Gasteiger partial charge in [0.25, 0.3) is 0 Å². The first-order valence-electron chi connectivity index (χ1n) is 3.02. The molecule has 1 aromatic rings. The van der Waals surface area contributed by atoms with E-state index >= 15 is 0 Å². The molecule has 0 unspecified atom stereocenters. The van der Waals surface area contributed by atoms with Crippen LogP contribution in [0.4, 0.5) is 5.00 Å². The molecule has 1 rings (SSSR count). The molecule has 0 aliphatic rings. The Labute approximate surface area is 76.3 Å². The van der Waals surface area contributed by atoms with Gasteiger partial charge in [0.15, 0.2) is 0 Å². The number of nitrogens with zero attached hydrogens (tertiary/aromatic N) is 1. The van der Waals surface area contributed by atoms with E-state index in [1.54, 1.807) is 6.07 Å².